The van der Waals surface area contributed by atoms with Crippen molar-refractivity contribution < 1.29 is 14.3 Å². The van der Waals surface area contributed by atoms with E-state index in [-0.39, 0.29) is 11.7 Å². The average molecular weight is 480 g/mol. The van der Waals surface area contributed by atoms with Gasteiger partial charge in [0.2, 0.25) is 0 Å². The number of ether oxygens (including phenoxy) is 1. The lowest BCUT2D eigenvalue weighted by molar-refractivity contribution is -0.151. The number of benzene rings is 3. The molecule has 1 aliphatic carbocycles. The van der Waals surface area contributed by atoms with Crippen LogP contribution in [-0.2, 0) is 20.9 Å². The molecule has 3 aromatic carbocycles. The Bertz CT molecular complexity index is 1560. The van der Waals surface area contributed by atoms with Gasteiger partial charge >= 0.3 is 5.97 Å². The number of ketones is 1. The van der Waals surface area contributed by atoms with Crippen molar-refractivity contribution in [1.82, 2.24) is 4.57 Å². The van der Waals surface area contributed by atoms with Crippen LogP contribution in [0.25, 0.3) is 21.8 Å². The number of hydrogen-bond acceptors (Lipinski definition) is 5. The highest BCUT2D eigenvalue weighted by Gasteiger charge is 2.44. The first-order valence-corrected chi connectivity index (χ1v) is 12.5. The maximum atomic E-state index is 13.9. The fourth-order valence-corrected chi connectivity index (χ4v) is 5.98. The van der Waals surface area contributed by atoms with Gasteiger partial charge in [-0.05, 0) is 55.2 Å². The molecule has 2 aliphatic rings. The van der Waals surface area contributed by atoms with Crippen LogP contribution < -0.4 is 10.6 Å². The number of allylic oxidation sites excluding steroid dienone is 1. The van der Waals surface area contributed by atoms with Crippen LogP contribution in [-0.4, -0.2) is 23.4 Å². The molecule has 1 aliphatic heterocycles. The summed E-state index contributed by atoms with van der Waals surface area (Å²) in [7, 11) is 1.35. The second-order valence-corrected chi connectivity index (χ2v) is 9.72. The molecule has 182 valence electrons. The minimum Gasteiger partial charge on any atom is -0.468 e. The molecule has 0 amide bonds. The number of para-hydroxylation sites is 3. The zero-order valence-corrected chi connectivity index (χ0v) is 20.7. The van der Waals surface area contributed by atoms with E-state index in [1.807, 2.05) is 31.2 Å². The fourth-order valence-electron chi connectivity index (χ4n) is 5.98. The van der Waals surface area contributed by atoms with Crippen molar-refractivity contribution in [3.63, 3.8) is 0 Å². The minimum absolute atomic E-state index is 0.160. The van der Waals surface area contributed by atoms with Crippen molar-refractivity contribution in [1.29, 1.82) is 0 Å². The van der Waals surface area contributed by atoms with Crippen LogP contribution in [0.3, 0.4) is 0 Å². The van der Waals surface area contributed by atoms with Gasteiger partial charge in [0.25, 0.3) is 0 Å². The van der Waals surface area contributed by atoms with Gasteiger partial charge in [-0.15, -0.1) is 0 Å². The van der Waals surface area contributed by atoms with E-state index in [9.17, 15) is 9.59 Å². The van der Waals surface area contributed by atoms with Crippen LogP contribution in [0.1, 0.15) is 31.9 Å². The molecule has 0 bridgehead atoms. The standard InChI is InChI=1S/C30H29N3O3/c1-4-33-24-12-8-5-9-19(24)20-16-18(13-14-25(20)33)28-27-23(31-21-10-6-7-11-22(21)32-28)15-17(2)26(29(27)34)30(35)36-3/h5-14,16-17,26,28,31-32H,4,15H2,1-3H3/t17-,26-,28+/m0/s1. The number of methoxy groups -OCH3 is 1. The van der Waals surface area contributed by atoms with E-state index in [0.717, 1.165) is 34.6 Å². The molecule has 4 aromatic rings. The monoisotopic (exact) mass is 479 g/mol. The molecule has 2 N–H and O–H groups in total. The normalized spacial score (nSPS) is 21.4. The van der Waals surface area contributed by atoms with Gasteiger partial charge in [0.1, 0.15) is 5.92 Å². The third-order valence-electron chi connectivity index (χ3n) is 7.67. The Morgan fingerprint density at radius 3 is 2.50 bits per heavy atom. The number of hydrogen-bond donors (Lipinski definition) is 2. The quantitative estimate of drug-likeness (QED) is 0.277. The smallest absolute Gasteiger partial charge is 0.316 e. The Labute approximate surface area is 209 Å². The summed E-state index contributed by atoms with van der Waals surface area (Å²) in [5.74, 6) is -1.62. The maximum absolute atomic E-state index is 13.9. The van der Waals surface area contributed by atoms with Crippen molar-refractivity contribution in [3.05, 3.63) is 83.6 Å². The highest BCUT2D eigenvalue weighted by molar-refractivity contribution is 6.12. The Hall–Kier alpha value is -4.06. The van der Waals surface area contributed by atoms with E-state index in [1.54, 1.807) is 0 Å². The van der Waals surface area contributed by atoms with E-state index in [0.29, 0.717) is 12.0 Å². The number of Topliss-reactive ketones (excluding diaryl/α,β-unsaturated/α-hetero) is 1. The van der Waals surface area contributed by atoms with Gasteiger partial charge in [0.15, 0.2) is 5.78 Å². The van der Waals surface area contributed by atoms with Gasteiger partial charge in [-0.2, -0.15) is 0 Å². The molecule has 0 fully saturated rings. The molecule has 6 rings (SSSR count). The highest BCUT2D eigenvalue weighted by atomic mass is 16.5. The van der Waals surface area contributed by atoms with Crippen LogP contribution in [0, 0.1) is 11.8 Å². The first kappa shape index (κ1) is 22.4. The topological polar surface area (TPSA) is 72.4 Å². The molecule has 0 radical (unpaired) electrons. The highest BCUT2D eigenvalue weighted by Crippen LogP contribution is 2.44. The summed E-state index contributed by atoms with van der Waals surface area (Å²) >= 11 is 0. The molecule has 36 heavy (non-hydrogen) atoms. The number of nitrogens with zero attached hydrogens (tertiary/aromatic N) is 1. The van der Waals surface area contributed by atoms with E-state index in [4.69, 9.17) is 4.74 Å². The third-order valence-corrected chi connectivity index (χ3v) is 7.67. The minimum atomic E-state index is -0.813. The zero-order valence-electron chi connectivity index (χ0n) is 20.7. The molecule has 3 atom stereocenters. The molecule has 0 saturated carbocycles. The largest absolute Gasteiger partial charge is 0.468 e. The number of fused-ring (bicyclic) bond motifs is 4. The molecular weight excluding hydrogens is 450 g/mol. The molecule has 0 saturated heterocycles. The summed E-state index contributed by atoms with van der Waals surface area (Å²) in [5.41, 5.74) is 6.67. The lowest BCUT2D eigenvalue weighted by Gasteiger charge is -2.32. The van der Waals surface area contributed by atoms with Crippen LogP contribution in [0.5, 0.6) is 0 Å². The number of carbonyl (C=O) groups is 2. The zero-order chi connectivity index (χ0) is 25.0. The summed E-state index contributed by atoms with van der Waals surface area (Å²) in [6.07, 6.45) is 0.588. The fraction of sp³-hybridized carbons (Fsp3) is 0.267. The maximum Gasteiger partial charge on any atom is 0.316 e. The average Bonchev–Trinajstić information content (AvgIpc) is 3.10. The van der Waals surface area contributed by atoms with E-state index < -0.39 is 17.9 Å². The van der Waals surface area contributed by atoms with Crippen LogP contribution >= 0.6 is 0 Å². The molecular formula is C30H29N3O3. The van der Waals surface area contributed by atoms with E-state index in [1.165, 1.54) is 23.5 Å². The van der Waals surface area contributed by atoms with E-state index >= 15 is 0 Å². The van der Waals surface area contributed by atoms with Gasteiger partial charge in [0.05, 0.1) is 24.5 Å². The second kappa shape index (κ2) is 8.55. The summed E-state index contributed by atoms with van der Waals surface area (Å²) in [5, 5.41) is 9.49. The number of nitrogens with one attached hydrogen (secondary N) is 2. The third kappa shape index (κ3) is 3.32. The summed E-state index contributed by atoms with van der Waals surface area (Å²) in [4.78, 5) is 26.6. The van der Waals surface area contributed by atoms with Gasteiger partial charge in [-0.1, -0.05) is 43.3 Å². The SMILES string of the molecule is CCn1c2ccccc2c2cc([C@H]3Nc4ccccc4NC4=C3C(=O)[C@@H](C(=O)OC)[C@@H](C)C4)ccc21. The van der Waals surface area contributed by atoms with Crippen LogP contribution in [0.2, 0.25) is 0 Å². The number of rotatable bonds is 3. The summed E-state index contributed by atoms with van der Waals surface area (Å²) in [6.45, 7) is 4.96. The van der Waals surface area contributed by atoms with Crippen LogP contribution in [0.4, 0.5) is 11.4 Å². The lowest BCUT2D eigenvalue weighted by Crippen LogP contribution is -2.39. The second-order valence-electron chi connectivity index (χ2n) is 9.72. The number of aromatic nitrogens is 1. The number of carbonyl (C=O) groups excluding carboxylic acids is 2. The van der Waals surface area contributed by atoms with Gasteiger partial charge < -0.3 is 19.9 Å². The van der Waals surface area contributed by atoms with Crippen molar-refractivity contribution in [2.24, 2.45) is 11.8 Å². The van der Waals surface area contributed by atoms with Crippen molar-refractivity contribution >= 4 is 44.9 Å². The van der Waals surface area contributed by atoms with Crippen molar-refractivity contribution in [2.45, 2.75) is 32.9 Å². The Morgan fingerprint density at radius 1 is 1.00 bits per heavy atom. The Morgan fingerprint density at radius 2 is 1.72 bits per heavy atom. The number of esters is 1. The van der Waals surface area contributed by atoms with Crippen molar-refractivity contribution in [3.8, 4) is 0 Å². The Kier molecular flexibility index (Phi) is 5.32. The first-order chi connectivity index (χ1) is 17.5. The van der Waals surface area contributed by atoms with Gasteiger partial charge in [-0.25, -0.2) is 0 Å². The predicted octanol–water partition coefficient (Wildman–Crippen LogP) is 6.05. The van der Waals surface area contributed by atoms with E-state index in [2.05, 4.69) is 64.6 Å². The molecule has 2 heterocycles. The molecule has 0 unspecified atom stereocenters. The van der Waals surface area contributed by atoms with Gasteiger partial charge in [0, 0.05) is 39.6 Å². The molecule has 1 aromatic heterocycles. The summed E-state index contributed by atoms with van der Waals surface area (Å²) in [6, 6.07) is 22.4. The Balaban J connectivity index is 1.57. The number of anilines is 2. The summed E-state index contributed by atoms with van der Waals surface area (Å²) < 4.78 is 7.36. The lowest BCUT2D eigenvalue weighted by atomic mass is 9.74. The molecule has 0 spiro atoms. The first-order valence-electron chi connectivity index (χ1n) is 12.5. The predicted molar refractivity (Wildman–Crippen MR) is 143 cm³/mol. The van der Waals surface area contributed by atoms with Crippen LogP contribution in [0.15, 0.2) is 78.0 Å². The molecule has 6 heteroatoms. The van der Waals surface area contributed by atoms with Crippen molar-refractivity contribution in [2.75, 3.05) is 17.7 Å². The molecule has 6 nitrogen and oxygen atoms in total. The van der Waals surface area contributed by atoms with Gasteiger partial charge in [-0.3, -0.25) is 9.59 Å². The number of aryl methyl sites for hydroxylation is 1.